The molecule has 1 aliphatic carbocycles. The Morgan fingerprint density at radius 2 is 1.65 bits per heavy atom. The van der Waals surface area contributed by atoms with Crippen LogP contribution in [0.25, 0.3) is 0 Å². The van der Waals surface area contributed by atoms with Gasteiger partial charge in [0.05, 0.1) is 0 Å². The highest BCUT2D eigenvalue weighted by molar-refractivity contribution is 5.45. The summed E-state index contributed by atoms with van der Waals surface area (Å²) in [5.74, 6) is 0.871. The van der Waals surface area contributed by atoms with Gasteiger partial charge in [-0.25, -0.2) is 0 Å². The maximum Gasteiger partial charge on any atom is 0.0340 e. The van der Waals surface area contributed by atoms with Crippen molar-refractivity contribution in [3.05, 3.63) is 29.8 Å². The molecule has 0 amide bonds. The zero-order chi connectivity index (χ0) is 14.6. The molecule has 1 aromatic rings. The fraction of sp³-hybridized carbons (Fsp3) is 0.667. The topological polar surface area (TPSA) is 38.0 Å². The second-order valence-electron chi connectivity index (χ2n) is 7.32. The molecule has 1 saturated carbocycles. The second-order valence-corrected chi connectivity index (χ2v) is 7.32. The van der Waals surface area contributed by atoms with E-state index in [1.165, 1.54) is 43.4 Å². The molecule has 2 nitrogen and oxygen atoms in total. The molecular formula is C18H30N2. The van der Waals surface area contributed by atoms with Crippen LogP contribution in [0.15, 0.2) is 24.3 Å². The van der Waals surface area contributed by atoms with Gasteiger partial charge >= 0.3 is 0 Å². The van der Waals surface area contributed by atoms with Crippen LogP contribution < -0.4 is 11.1 Å². The Kier molecular flexibility index (Phi) is 5.09. The molecule has 0 unspecified atom stereocenters. The van der Waals surface area contributed by atoms with Gasteiger partial charge in [0.15, 0.2) is 0 Å². The maximum atomic E-state index is 5.95. The number of rotatable bonds is 4. The van der Waals surface area contributed by atoms with E-state index >= 15 is 0 Å². The first-order valence-corrected chi connectivity index (χ1v) is 8.05. The van der Waals surface area contributed by atoms with E-state index in [4.69, 9.17) is 5.73 Å². The lowest BCUT2D eigenvalue weighted by Gasteiger charge is -2.26. The van der Waals surface area contributed by atoms with Crippen LogP contribution in [0.4, 0.5) is 5.69 Å². The molecule has 0 aromatic heterocycles. The van der Waals surface area contributed by atoms with Gasteiger partial charge in [0.2, 0.25) is 0 Å². The number of nitrogens with two attached hydrogens (primary N) is 1. The van der Waals surface area contributed by atoms with Crippen molar-refractivity contribution in [3.63, 3.8) is 0 Å². The van der Waals surface area contributed by atoms with Gasteiger partial charge in [-0.2, -0.15) is 0 Å². The fourth-order valence-corrected chi connectivity index (χ4v) is 2.99. The van der Waals surface area contributed by atoms with E-state index < -0.39 is 0 Å². The Bertz CT molecular complexity index is 394. The smallest absolute Gasteiger partial charge is 0.0340 e. The molecule has 0 aliphatic heterocycles. The Balaban J connectivity index is 1.74. The Morgan fingerprint density at radius 3 is 2.20 bits per heavy atom. The Hall–Kier alpha value is -1.02. The van der Waals surface area contributed by atoms with Crippen LogP contribution in [0.2, 0.25) is 0 Å². The highest BCUT2D eigenvalue weighted by Gasteiger charge is 2.18. The lowest BCUT2D eigenvalue weighted by molar-refractivity contribution is 0.316. The summed E-state index contributed by atoms with van der Waals surface area (Å²) in [7, 11) is 0. The van der Waals surface area contributed by atoms with Crippen LogP contribution in [0, 0.1) is 5.92 Å². The van der Waals surface area contributed by atoms with Gasteiger partial charge in [-0.05, 0) is 61.1 Å². The first-order chi connectivity index (χ1) is 9.45. The van der Waals surface area contributed by atoms with Crippen LogP contribution in [-0.2, 0) is 5.41 Å². The van der Waals surface area contributed by atoms with Crippen molar-refractivity contribution in [2.24, 2.45) is 11.7 Å². The second kappa shape index (κ2) is 6.62. The molecule has 1 aromatic carbocycles. The highest BCUT2D eigenvalue weighted by atomic mass is 14.9. The SMILES string of the molecule is CC(C)(C)c1ccc(NCCC2CCC(N)CC2)cc1. The molecule has 112 valence electrons. The van der Waals surface area contributed by atoms with Crippen molar-refractivity contribution in [1.82, 2.24) is 0 Å². The normalized spacial score (nSPS) is 23.6. The molecule has 0 saturated heterocycles. The summed E-state index contributed by atoms with van der Waals surface area (Å²) in [4.78, 5) is 0. The Labute approximate surface area is 124 Å². The molecule has 0 bridgehead atoms. The number of hydrogen-bond donors (Lipinski definition) is 2. The van der Waals surface area contributed by atoms with Crippen LogP contribution in [0.3, 0.4) is 0 Å². The number of anilines is 1. The maximum absolute atomic E-state index is 5.95. The molecule has 20 heavy (non-hydrogen) atoms. The average Bonchev–Trinajstić information content (AvgIpc) is 2.41. The molecule has 3 N–H and O–H groups in total. The summed E-state index contributed by atoms with van der Waals surface area (Å²) in [6.45, 7) is 7.84. The van der Waals surface area contributed by atoms with Gasteiger partial charge in [0.1, 0.15) is 0 Å². The average molecular weight is 274 g/mol. The first kappa shape index (κ1) is 15.4. The van der Waals surface area contributed by atoms with Gasteiger partial charge in [-0.15, -0.1) is 0 Å². The van der Waals surface area contributed by atoms with Crippen LogP contribution >= 0.6 is 0 Å². The molecule has 0 heterocycles. The highest BCUT2D eigenvalue weighted by Crippen LogP contribution is 2.26. The van der Waals surface area contributed by atoms with E-state index in [1.807, 2.05) is 0 Å². The summed E-state index contributed by atoms with van der Waals surface area (Å²) < 4.78 is 0. The molecule has 0 spiro atoms. The van der Waals surface area contributed by atoms with Gasteiger partial charge in [0.25, 0.3) is 0 Å². The molecule has 0 radical (unpaired) electrons. The minimum Gasteiger partial charge on any atom is -0.385 e. The lowest BCUT2D eigenvalue weighted by Crippen LogP contribution is -2.27. The van der Waals surface area contributed by atoms with Crippen molar-refractivity contribution in [1.29, 1.82) is 0 Å². The van der Waals surface area contributed by atoms with E-state index in [0.29, 0.717) is 6.04 Å². The van der Waals surface area contributed by atoms with E-state index in [9.17, 15) is 0 Å². The van der Waals surface area contributed by atoms with Crippen molar-refractivity contribution < 1.29 is 0 Å². The van der Waals surface area contributed by atoms with Gasteiger partial charge < -0.3 is 11.1 Å². The Morgan fingerprint density at radius 1 is 1.05 bits per heavy atom. The van der Waals surface area contributed by atoms with E-state index in [0.717, 1.165) is 12.5 Å². The van der Waals surface area contributed by atoms with E-state index in [1.54, 1.807) is 0 Å². The summed E-state index contributed by atoms with van der Waals surface area (Å²) in [6.07, 6.45) is 6.32. The summed E-state index contributed by atoms with van der Waals surface area (Å²) in [5.41, 5.74) is 8.82. The summed E-state index contributed by atoms with van der Waals surface area (Å²) in [6, 6.07) is 9.35. The zero-order valence-corrected chi connectivity index (χ0v) is 13.3. The third-order valence-corrected chi connectivity index (χ3v) is 4.52. The van der Waals surface area contributed by atoms with Crippen LogP contribution in [0.1, 0.15) is 58.4 Å². The van der Waals surface area contributed by atoms with Crippen molar-refractivity contribution >= 4 is 5.69 Å². The number of nitrogens with one attached hydrogen (secondary N) is 1. The van der Waals surface area contributed by atoms with Gasteiger partial charge in [-0.3, -0.25) is 0 Å². The van der Waals surface area contributed by atoms with Gasteiger partial charge in [0, 0.05) is 18.3 Å². The minimum atomic E-state index is 0.236. The first-order valence-electron chi connectivity index (χ1n) is 8.05. The van der Waals surface area contributed by atoms with E-state index in [-0.39, 0.29) is 5.41 Å². The lowest BCUT2D eigenvalue weighted by atomic mass is 9.84. The predicted octanol–water partition coefficient (Wildman–Crippen LogP) is 4.30. The molecule has 0 atom stereocenters. The predicted molar refractivity (Wildman–Crippen MR) is 88.2 cm³/mol. The van der Waals surface area contributed by atoms with E-state index in [2.05, 4.69) is 50.4 Å². The monoisotopic (exact) mass is 274 g/mol. The quantitative estimate of drug-likeness (QED) is 0.859. The summed E-state index contributed by atoms with van der Waals surface area (Å²) >= 11 is 0. The third kappa shape index (κ3) is 4.52. The summed E-state index contributed by atoms with van der Waals surface area (Å²) in [5, 5.41) is 3.55. The molecule has 2 rings (SSSR count). The van der Waals surface area contributed by atoms with Crippen LogP contribution in [-0.4, -0.2) is 12.6 Å². The number of hydrogen-bond acceptors (Lipinski definition) is 2. The molecule has 1 fully saturated rings. The molecular weight excluding hydrogens is 244 g/mol. The number of benzene rings is 1. The largest absolute Gasteiger partial charge is 0.385 e. The fourth-order valence-electron chi connectivity index (χ4n) is 2.99. The van der Waals surface area contributed by atoms with Crippen molar-refractivity contribution in [3.8, 4) is 0 Å². The van der Waals surface area contributed by atoms with Crippen LogP contribution in [0.5, 0.6) is 0 Å². The standard InChI is InChI=1S/C18H30N2/c1-18(2,3)15-6-10-17(11-7-15)20-13-12-14-4-8-16(19)9-5-14/h6-7,10-11,14,16,20H,4-5,8-9,12-13,19H2,1-3H3. The van der Waals surface area contributed by atoms with Gasteiger partial charge in [-0.1, -0.05) is 32.9 Å². The molecule has 2 heteroatoms. The molecule has 1 aliphatic rings. The van der Waals surface area contributed by atoms with Crippen molar-refractivity contribution in [2.75, 3.05) is 11.9 Å². The minimum absolute atomic E-state index is 0.236. The third-order valence-electron chi connectivity index (χ3n) is 4.52. The van der Waals surface area contributed by atoms with Crippen molar-refractivity contribution in [2.45, 2.75) is 64.3 Å². The zero-order valence-electron chi connectivity index (χ0n) is 13.3.